The van der Waals surface area contributed by atoms with Gasteiger partial charge in [-0.3, -0.25) is 0 Å². The first-order valence-corrected chi connectivity index (χ1v) is 7.81. The van der Waals surface area contributed by atoms with Gasteiger partial charge in [0.15, 0.2) is 0 Å². The van der Waals surface area contributed by atoms with E-state index >= 15 is 0 Å². The molecule has 2 heterocycles. The maximum Gasteiger partial charge on any atom is 0.374 e. The van der Waals surface area contributed by atoms with E-state index in [0.717, 1.165) is 19.5 Å². The van der Waals surface area contributed by atoms with Crippen molar-refractivity contribution in [3.05, 3.63) is 54.0 Å². The lowest BCUT2D eigenvalue weighted by Gasteiger charge is -2.18. The van der Waals surface area contributed by atoms with Gasteiger partial charge in [-0.05, 0) is 30.7 Å². The lowest BCUT2D eigenvalue weighted by molar-refractivity contribution is 0.0409. The molecule has 3 rings (SSSR count). The summed E-state index contributed by atoms with van der Waals surface area (Å²) in [4.78, 5) is 14.3. The Bertz CT molecular complexity index is 637. The third-order valence-electron chi connectivity index (χ3n) is 4.01. The van der Waals surface area contributed by atoms with Gasteiger partial charge in [0.1, 0.15) is 12.4 Å². The number of anilines is 1. The molecule has 1 fully saturated rings. The van der Waals surface area contributed by atoms with Gasteiger partial charge in [-0.25, -0.2) is 4.79 Å². The van der Waals surface area contributed by atoms with E-state index < -0.39 is 5.97 Å². The van der Waals surface area contributed by atoms with Crippen molar-refractivity contribution in [3.63, 3.8) is 0 Å². The van der Waals surface area contributed by atoms with Gasteiger partial charge in [-0.15, -0.1) is 0 Å². The molecule has 1 aliphatic heterocycles. The zero-order valence-electron chi connectivity index (χ0n) is 13.2. The average Bonchev–Trinajstić information content (AvgIpc) is 3.23. The fourth-order valence-corrected chi connectivity index (χ4v) is 2.81. The molecule has 0 saturated carbocycles. The van der Waals surface area contributed by atoms with Gasteiger partial charge in [0.05, 0.1) is 6.61 Å². The van der Waals surface area contributed by atoms with Gasteiger partial charge in [0, 0.05) is 31.8 Å². The van der Waals surface area contributed by atoms with Crippen molar-refractivity contribution in [1.29, 1.82) is 0 Å². The quantitative estimate of drug-likeness (QED) is 0.767. The molecule has 0 spiro atoms. The molecule has 0 aliphatic carbocycles. The van der Waals surface area contributed by atoms with Crippen LogP contribution in [-0.2, 0) is 16.1 Å². The van der Waals surface area contributed by atoms with Crippen LogP contribution in [0.25, 0.3) is 0 Å². The molecule has 1 saturated heterocycles. The lowest BCUT2D eigenvalue weighted by Crippen LogP contribution is -2.21. The molecule has 122 valence electrons. The van der Waals surface area contributed by atoms with Crippen molar-refractivity contribution in [1.82, 2.24) is 0 Å². The Morgan fingerprint density at radius 1 is 1.26 bits per heavy atom. The third kappa shape index (κ3) is 3.93. The molecule has 2 aromatic rings. The Labute approximate surface area is 135 Å². The zero-order chi connectivity index (χ0) is 16.1. The third-order valence-corrected chi connectivity index (χ3v) is 4.01. The molecule has 0 radical (unpaired) electrons. The standard InChI is InChI=1S/C18H21NO4/c1-21-13-16-7-8-17(23-16)18(20)22-12-14-9-10-19(11-14)15-5-3-2-4-6-15/h2-8,14H,9-13H2,1H3. The minimum Gasteiger partial charge on any atom is -0.459 e. The molecule has 0 amide bonds. The number of methoxy groups -OCH3 is 1. The molecular weight excluding hydrogens is 294 g/mol. The van der Waals surface area contributed by atoms with Gasteiger partial charge in [0.2, 0.25) is 5.76 Å². The number of nitrogens with zero attached hydrogens (tertiary/aromatic N) is 1. The van der Waals surface area contributed by atoms with Crippen molar-refractivity contribution in [2.75, 3.05) is 31.7 Å². The summed E-state index contributed by atoms with van der Waals surface area (Å²) in [7, 11) is 1.58. The number of benzene rings is 1. The van der Waals surface area contributed by atoms with Crippen molar-refractivity contribution in [2.24, 2.45) is 5.92 Å². The molecule has 0 N–H and O–H groups in total. The fourth-order valence-electron chi connectivity index (χ4n) is 2.81. The predicted octanol–water partition coefficient (Wildman–Crippen LogP) is 3.11. The van der Waals surface area contributed by atoms with Crippen LogP contribution in [0, 0.1) is 5.92 Å². The summed E-state index contributed by atoms with van der Waals surface area (Å²) < 4.78 is 15.7. The Kier molecular flexibility index (Phi) is 4.98. The van der Waals surface area contributed by atoms with Crippen LogP contribution in [0.4, 0.5) is 5.69 Å². The fraction of sp³-hybridized carbons (Fsp3) is 0.389. The van der Waals surface area contributed by atoms with Gasteiger partial charge < -0.3 is 18.8 Å². The summed E-state index contributed by atoms with van der Waals surface area (Å²) in [6.07, 6.45) is 1.02. The number of ether oxygens (including phenoxy) is 2. The highest BCUT2D eigenvalue weighted by atomic mass is 16.5. The number of para-hydroxylation sites is 1. The number of carbonyl (C=O) groups is 1. The number of rotatable bonds is 6. The van der Waals surface area contributed by atoms with E-state index in [0.29, 0.717) is 24.9 Å². The summed E-state index contributed by atoms with van der Waals surface area (Å²) >= 11 is 0. The van der Waals surface area contributed by atoms with Crippen molar-refractivity contribution >= 4 is 11.7 Å². The Balaban J connectivity index is 1.48. The van der Waals surface area contributed by atoms with Crippen LogP contribution in [-0.4, -0.2) is 32.8 Å². The van der Waals surface area contributed by atoms with Crippen LogP contribution in [0.2, 0.25) is 0 Å². The second kappa shape index (κ2) is 7.33. The van der Waals surface area contributed by atoms with Crippen molar-refractivity contribution in [2.45, 2.75) is 13.0 Å². The maximum absolute atomic E-state index is 12.0. The summed E-state index contributed by atoms with van der Waals surface area (Å²) in [5.74, 6) is 0.795. The number of carbonyl (C=O) groups excluding carboxylic acids is 1. The highest BCUT2D eigenvalue weighted by Crippen LogP contribution is 2.24. The summed E-state index contributed by atoms with van der Waals surface area (Å²) in [6.45, 7) is 2.67. The number of furan rings is 1. The molecule has 5 nitrogen and oxygen atoms in total. The maximum atomic E-state index is 12.0. The first-order chi connectivity index (χ1) is 11.3. The molecule has 1 unspecified atom stereocenters. The number of esters is 1. The Morgan fingerprint density at radius 3 is 2.87 bits per heavy atom. The average molecular weight is 315 g/mol. The van der Waals surface area contributed by atoms with E-state index in [1.165, 1.54) is 5.69 Å². The van der Waals surface area contributed by atoms with E-state index in [2.05, 4.69) is 17.0 Å². The van der Waals surface area contributed by atoms with Gasteiger partial charge in [-0.1, -0.05) is 18.2 Å². The first kappa shape index (κ1) is 15.6. The molecule has 0 bridgehead atoms. The smallest absolute Gasteiger partial charge is 0.374 e. The lowest BCUT2D eigenvalue weighted by atomic mass is 10.1. The minimum atomic E-state index is -0.412. The summed E-state index contributed by atoms with van der Waals surface area (Å²) in [5, 5.41) is 0. The highest BCUT2D eigenvalue weighted by Gasteiger charge is 2.24. The zero-order valence-corrected chi connectivity index (χ0v) is 13.2. The topological polar surface area (TPSA) is 51.9 Å². The van der Waals surface area contributed by atoms with Crippen LogP contribution < -0.4 is 4.90 Å². The molecule has 1 aliphatic rings. The van der Waals surface area contributed by atoms with E-state index in [4.69, 9.17) is 13.9 Å². The Morgan fingerprint density at radius 2 is 2.09 bits per heavy atom. The largest absolute Gasteiger partial charge is 0.459 e. The summed E-state index contributed by atoms with van der Waals surface area (Å²) in [5.41, 5.74) is 1.22. The van der Waals surface area contributed by atoms with E-state index in [1.807, 2.05) is 18.2 Å². The van der Waals surface area contributed by atoms with Gasteiger partial charge >= 0.3 is 5.97 Å². The van der Waals surface area contributed by atoms with Gasteiger partial charge in [0.25, 0.3) is 0 Å². The van der Waals surface area contributed by atoms with Crippen LogP contribution in [0.3, 0.4) is 0 Å². The number of hydrogen-bond donors (Lipinski definition) is 0. The molecule has 23 heavy (non-hydrogen) atoms. The van der Waals surface area contributed by atoms with E-state index in [-0.39, 0.29) is 5.76 Å². The SMILES string of the molecule is COCc1ccc(C(=O)OCC2CCN(c3ccccc3)C2)o1. The first-order valence-electron chi connectivity index (χ1n) is 7.81. The Hall–Kier alpha value is -2.27. The van der Waals surface area contributed by atoms with E-state index in [9.17, 15) is 4.79 Å². The van der Waals surface area contributed by atoms with Crippen LogP contribution in [0.15, 0.2) is 46.9 Å². The second-order valence-electron chi connectivity index (χ2n) is 5.73. The summed E-state index contributed by atoms with van der Waals surface area (Å²) in [6, 6.07) is 13.7. The highest BCUT2D eigenvalue weighted by molar-refractivity contribution is 5.86. The van der Waals surface area contributed by atoms with Crippen molar-refractivity contribution in [3.8, 4) is 0 Å². The molecular formula is C18H21NO4. The number of hydrogen-bond acceptors (Lipinski definition) is 5. The molecule has 1 atom stereocenters. The predicted molar refractivity (Wildman–Crippen MR) is 86.5 cm³/mol. The second-order valence-corrected chi connectivity index (χ2v) is 5.73. The van der Waals surface area contributed by atoms with Crippen LogP contribution >= 0.6 is 0 Å². The van der Waals surface area contributed by atoms with Gasteiger partial charge in [-0.2, -0.15) is 0 Å². The molecule has 5 heteroatoms. The van der Waals surface area contributed by atoms with E-state index in [1.54, 1.807) is 19.2 Å². The van der Waals surface area contributed by atoms with Crippen LogP contribution in [0.1, 0.15) is 22.7 Å². The monoisotopic (exact) mass is 315 g/mol. The normalized spacial score (nSPS) is 17.4. The van der Waals surface area contributed by atoms with Crippen LogP contribution in [0.5, 0.6) is 0 Å². The molecule has 1 aromatic heterocycles. The minimum absolute atomic E-state index is 0.231. The van der Waals surface area contributed by atoms with Crippen molar-refractivity contribution < 1.29 is 18.7 Å². The molecule has 1 aromatic carbocycles.